The number of hydrogen-bond acceptors (Lipinski definition) is 2. The third-order valence-corrected chi connectivity index (χ3v) is 4.23. The van der Waals surface area contributed by atoms with Gasteiger partial charge in [-0.3, -0.25) is 0 Å². The Morgan fingerprint density at radius 2 is 1.85 bits per heavy atom. The highest BCUT2D eigenvalue weighted by Gasteiger charge is 2.31. The summed E-state index contributed by atoms with van der Waals surface area (Å²) in [5.74, 6) is 0. The van der Waals surface area contributed by atoms with E-state index in [4.69, 9.17) is 5.14 Å². The number of nitrogens with zero attached hydrogens (tertiary/aromatic N) is 1. The maximum absolute atomic E-state index is 11.0. The van der Waals surface area contributed by atoms with Gasteiger partial charge in [-0.25, -0.2) is 5.14 Å². The van der Waals surface area contributed by atoms with Crippen molar-refractivity contribution in [3.05, 3.63) is 0 Å². The van der Waals surface area contributed by atoms with Gasteiger partial charge in [0.05, 0.1) is 0 Å². The normalized spacial score (nSPS) is 24.5. The Morgan fingerprint density at radius 1 is 1.38 bits per heavy atom. The van der Waals surface area contributed by atoms with Crippen molar-refractivity contribution in [2.45, 2.75) is 33.1 Å². The molecule has 0 saturated carbocycles. The number of nitrogens with two attached hydrogens (primary N) is 1. The van der Waals surface area contributed by atoms with Crippen LogP contribution in [0.15, 0.2) is 0 Å². The predicted molar refractivity (Wildman–Crippen MR) is 52.3 cm³/mol. The van der Waals surface area contributed by atoms with Crippen molar-refractivity contribution in [2.75, 3.05) is 13.1 Å². The van der Waals surface area contributed by atoms with Gasteiger partial charge in [0.25, 0.3) is 10.2 Å². The largest absolute Gasteiger partial charge is 0.276 e. The standard InChI is InChI=1S/C8H18N2O2S/c1-3-8(2)4-6-10(7-5-8)13(9,11)12/h3-7H2,1-2H3,(H2,9,11,12). The van der Waals surface area contributed by atoms with Gasteiger partial charge in [0.1, 0.15) is 0 Å². The van der Waals surface area contributed by atoms with E-state index in [1.54, 1.807) is 0 Å². The maximum atomic E-state index is 11.0. The van der Waals surface area contributed by atoms with Gasteiger partial charge < -0.3 is 0 Å². The molecule has 13 heavy (non-hydrogen) atoms. The van der Waals surface area contributed by atoms with Crippen LogP contribution in [0.2, 0.25) is 0 Å². The smallest absolute Gasteiger partial charge is 0.216 e. The summed E-state index contributed by atoms with van der Waals surface area (Å²) in [6.45, 7) is 5.49. The molecule has 4 nitrogen and oxygen atoms in total. The molecule has 0 unspecified atom stereocenters. The molecule has 5 heteroatoms. The molecule has 1 aliphatic rings. The van der Waals surface area contributed by atoms with E-state index >= 15 is 0 Å². The maximum Gasteiger partial charge on any atom is 0.276 e. The summed E-state index contributed by atoms with van der Waals surface area (Å²) in [6.07, 6.45) is 2.94. The van der Waals surface area contributed by atoms with Gasteiger partial charge in [-0.15, -0.1) is 0 Å². The minimum Gasteiger partial charge on any atom is -0.216 e. The molecule has 2 N–H and O–H groups in total. The average molecular weight is 206 g/mol. The Labute approximate surface area is 80.3 Å². The first kappa shape index (κ1) is 10.9. The second-order valence-corrected chi connectivity index (χ2v) is 5.65. The van der Waals surface area contributed by atoms with E-state index in [0.29, 0.717) is 18.5 Å². The van der Waals surface area contributed by atoms with Crippen molar-refractivity contribution in [3.63, 3.8) is 0 Å². The van der Waals surface area contributed by atoms with Crippen molar-refractivity contribution in [1.29, 1.82) is 0 Å². The van der Waals surface area contributed by atoms with Crippen molar-refractivity contribution < 1.29 is 8.42 Å². The Morgan fingerprint density at radius 3 is 2.15 bits per heavy atom. The minimum atomic E-state index is -3.45. The molecule has 0 aromatic heterocycles. The summed E-state index contributed by atoms with van der Waals surface area (Å²) >= 11 is 0. The Bertz CT molecular complexity index is 266. The van der Waals surface area contributed by atoms with Crippen molar-refractivity contribution in [3.8, 4) is 0 Å². The second-order valence-electron chi connectivity index (χ2n) is 4.11. The Kier molecular flexibility index (Phi) is 2.99. The summed E-state index contributed by atoms with van der Waals surface area (Å²) in [7, 11) is -3.45. The highest BCUT2D eigenvalue weighted by atomic mass is 32.2. The van der Waals surface area contributed by atoms with Crippen LogP contribution in [-0.4, -0.2) is 25.8 Å². The molecule has 0 amide bonds. The van der Waals surface area contributed by atoms with Crippen LogP contribution in [0.4, 0.5) is 0 Å². The third-order valence-electron chi connectivity index (χ3n) is 3.14. The molecule has 1 fully saturated rings. The summed E-state index contributed by atoms with van der Waals surface area (Å²) in [4.78, 5) is 0. The van der Waals surface area contributed by atoms with Crippen molar-refractivity contribution in [2.24, 2.45) is 10.6 Å². The molecule has 0 aromatic rings. The van der Waals surface area contributed by atoms with E-state index in [2.05, 4.69) is 13.8 Å². The number of hydrogen-bond donors (Lipinski definition) is 1. The van der Waals surface area contributed by atoms with Gasteiger partial charge in [0.15, 0.2) is 0 Å². The molecule has 1 aliphatic heterocycles. The molecule has 0 radical (unpaired) electrons. The van der Waals surface area contributed by atoms with Gasteiger partial charge in [0.2, 0.25) is 0 Å². The molecular formula is C8H18N2O2S. The summed E-state index contributed by atoms with van der Waals surface area (Å²) in [6, 6.07) is 0. The van der Waals surface area contributed by atoms with Gasteiger partial charge in [-0.2, -0.15) is 12.7 Å². The van der Waals surface area contributed by atoms with Crippen LogP contribution >= 0.6 is 0 Å². The monoisotopic (exact) mass is 206 g/mol. The van der Waals surface area contributed by atoms with Crippen LogP contribution < -0.4 is 5.14 Å². The van der Waals surface area contributed by atoms with Crippen LogP contribution in [0.1, 0.15) is 33.1 Å². The topological polar surface area (TPSA) is 63.4 Å². The summed E-state index contributed by atoms with van der Waals surface area (Å²) in [5, 5.41) is 5.04. The van der Waals surface area contributed by atoms with E-state index in [-0.39, 0.29) is 0 Å². The lowest BCUT2D eigenvalue weighted by Gasteiger charge is -2.37. The first-order valence-electron chi connectivity index (χ1n) is 4.65. The lowest BCUT2D eigenvalue weighted by atomic mass is 9.79. The van der Waals surface area contributed by atoms with Gasteiger partial charge >= 0.3 is 0 Å². The average Bonchev–Trinajstić information content (AvgIpc) is 2.04. The summed E-state index contributed by atoms with van der Waals surface area (Å²) in [5.41, 5.74) is 0.307. The van der Waals surface area contributed by atoms with Gasteiger partial charge in [-0.1, -0.05) is 20.3 Å². The van der Waals surface area contributed by atoms with Crippen LogP contribution in [-0.2, 0) is 10.2 Å². The predicted octanol–water partition coefficient (Wildman–Crippen LogP) is 0.702. The van der Waals surface area contributed by atoms with E-state index in [0.717, 1.165) is 19.3 Å². The van der Waals surface area contributed by atoms with E-state index in [9.17, 15) is 8.42 Å². The first-order chi connectivity index (χ1) is 5.87. The number of piperidine rings is 1. The zero-order valence-electron chi connectivity index (χ0n) is 8.28. The molecule has 0 bridgehead atoms. The molecule has 0 aromatic carbocycles. The zero-order valence-corrected chi connectivity index (χ0v) is 9.10. The molecule has 0 aliphatic carbocycles. The van der Waals surface area contributed by atoms with Gasteiger partial charge in [0, 0.05) is 13.1 Å². The highest BCUT2D eigenvalue weighted by Crippen LogP contribution is 2.34. The fourth-order valence-electron chi connectivity index (χ4n) is 1.63. The molecular weight excluding hydrogens is 188 g/mol. The van der Waals surface area contributed by atoms with Gasteiger partial charge in [-0.05, 0) is 18.3 Å². The molecule has 1 saturated heterocycles. The van der Waals surface area contributed by atoms with Crippen LogP contribution in [0.25, 0.3) is 0 Å². The highest BCUT2D eigenvalue weighted by molar-refractivity contribution is 7.86. The second kappa shape index (κ2) is 3.55. The van der Waals surface area contributed by atoms with Crippen LogP contribution in [0.3, 0.4) is 0 Å². The molecule has 1 rings (SSSR count). The van der Waals surface area contributed by atoms with E-state index < -0.39 is 10.2 Å². The molecule has 0 atom stereocenters. The fourth-order valence-corrected chi connectivity index (χ4v) is 2.33. The van der Waals surface area contributed by atoms with E-state index in [1.807, 2.05) is 0 Å². The minimum absolute atomic E-state index is 0.307. The third kappa shape index (κ3) is 2.65. The number of rotatable bonds is 2. The van der Waals surface area contributed by atoms with E-state index in [1.165, 1.54) is 4.31 Å². The molecule has 0 spiro atoms. The van der Waals surface area contributed by atoms with Crippen molar-refractivity contribution in [1.82, 2.24) is 4.31 Å². The lowest BCUT2D eigenvalue weighted by molar-refractivity contribution is 0.169. The van der Waals surface area contributed by atoms with Crippen LogP contribution in [0.5, 0.6) is 0 Å². The quantitative estimate of drug-likeness (QED) is 0.723. The summed E-state index contributed by atoms with van der Waals surface area (Å²) < 4.78 is 23.3. The SMILES string of the molecule is CCC1(C)CCN(S(N)(=O)=O)CC1. The first-order valence-corrected chi connectivity index (χ1v) is 6.16. The van der Waals surface area contributed by atoms with Crippen molar-refractivity contribution >= 4 is 10.2 Å². The zero-order chi connectivity index (χ0) is 10.1. The van der Waals surface area contributed by atoms with Crippen LogP contribution in [0, 0.1) is 5.41 Å². The molecule has 1 heterocycles. The molecule has 78 valence electrons. The fraction of sp³-hybridized carbons (Fsp3) is 1.00. The Hall–Kier alpha value is -0.130. The Balaban J connectivity index is 2.58. The lowest BCUT2D eigenvalue weighted by Crippen LogP contribution is -2.44.